The van der Waals surface area contributed by atoms with E-state index >= 15 is 0 Å². The van der Waals surface area contributed by atoms with E-state index in [2.05, 4.69) is 34.1 Å². The number of aromatic hydroxyl groups is 1. The molecule has 1 aliphatic rings. The highest BCUT2D eigenvalue weighted by Gasteiger charge is 2.38. The molecule has 0 spiro atoms. The van der Waals surface area contributed by atoms with Crippen molar-refractivity contribution in [2.75, 3.05) is 17.7 Å². The number of rotatable bonds is 5. The third-order valence-electron chi connectivity index (χ3n) is 4.45. The molecule has 0 bridgehead atoms. The number of aromatic nitrogens is 2. The van der Waals surface area contributed by atoms with Crippen molar-refractivity contribution in [3.05, 3.63) is 29.3 Å². The van der Waals surface area contributed by atoms with E-state index in [4.69, 9.17) is 22.1 Å². The monoisotopic (exact) mass is 361 g/mol. The maximum atomic E-state index is 10.1. The summed E-state index contributed by atoms with van der Waals surface area (Å²) in [5.41, 5.74) is 6.20. The molecule has 3 rings (SSSR count). The molecule has 2 heterocycles. The largest absolute Gasteiger partial charge is 0.492 e. The molecule has 0 fully saturated rings. The highest BCUT2D eigenvalue weighted by atomic mass is 35.5. The second-order valence-corrected chi connectivity index (χ2v) is 6.20. The topological polar surface area (TPSA) is 106 Å². The zero-order valence-electron chi connectivity index (χ0n) is 14.1. The fourth-order valence-electron chi connectivity index (χ4n) is 2.90. The molecule has 0 unspecified atom stereocenters. The van der Waals surface area contributed by atoms with Gasteiger partial charge in [-0.05, 0) is 25.0 Å². The SMILES string of the molecule is CCC1(CC)Nc2nc(N)nc(O)c2N=C1COc1ccccc1Cl. The van der Waals surface area contributed by atoms with E-state index in [0.29, 0.717) is 16.6 Å². The lowest BCUT2D eigenvalue weighted by molar-refractivity contribution is 0.363. The van der Waals surface area contributed by atoms with Gasteiger partial charge in [0.15, 0.2) is 11.5 Å². The zero-order chi connectivity index (χ0) is 18.0. The van der Waals surface area contributed by atoms with E-state index in [1.807, 2.05) is 12.1 Å². The number of ether oxygens (including phenoxy) is 1. The van der Waals surface area contributed by atoms with E-state index in [1.165, 1.54) is 0 Å². The van der Waals surface area contributed by atoms with Crippen LogP contribution < -0.4 is 15.8 Å². The fraction of sp³-hybridized carbons (Fsp3) is 0.353. The fourth-order valence-corrected chi connectivity index (χ4v) is 3.09. The van der Waals surface area contributed by atoms with Gasteiger partial charge in [0.25, 0.3) is 0 Å². The number of hydrogen-bond donors (Lipinski definition) is 3. The van der Waals surface area contributed by atoms with E-state index in [-0.39, 0.29) is 24.1 Å². The van der Waals surface area contributed by atoms with Crippen LogP contribution in [0.4, 0.5) is 17.5 Å². The van der Waals surface area contributed by atoms with Crippen molar-refractivity contribution < 1.29 is 9.84 Å². The van der Waals surface area contributed by atoms with Gasteiger partial charge in [0.1, 0.15) is 12.4 Å². The molecule has 25 heavy (non-hydrogen) atoms. The first-order chi connectivity index (χ1) is 12.0. The summed E-state index contributed by atoms with van der Waals surface area (Å²) in [5, 5.41) is 13.9. The van der Waals surface area contributed by atoms with Crippen molar-refractivity contribution in [1.29, 1.82) is 0 Å². The summed E-state index contributed by atoms with van der Waals surface area (Å²) < 4.78 is 5.86. The quantitative estimate of drug-likeness (QED) is 0.752. The Morgan fingerprint density at radius 3 is 2.64 bits per heavy atom. The molecule has 0 radical (unpaired) electrons. The maximum absolute atomic E-state index is 10.1. The average molecular weight is 362 g/mol. The molecule has 0 atom stereocenters. The third kappa shape index (κ3) is 3.19. The zero-order valence-corrected chi connectivity index (χ0v) is 14.8. The summed E-state index contributed by atoms with van der Waals surface area (Å²) in [7, 11) is 0. The van der Waals surface area contributed by atoms with Crippen LogP contribution in [0.15, 0.2) is 29.3 Å². The number of halogens is 1. The molecule has 7 nitrogen and oxygen atoms in total. The molecule has 0 aliphatic carbocycles. The van der Waals surface area contributed by atoms with Crippen LogP contribution in [-0.2, 0) is 0 Å². The molecular formula is C17H20ClN5O2. The Bertz CT molecular complexity index is 821. The maximum Gasteiger partial charge on any atom is 0.244 e. The highest BCUT2D eigenvalue weighted by molar-refractivity contribution is 6.32. The van der Waals surface area contributed by atoms with Crippen LogP contribution in [0, 0.1) is 0 Å². The molecule has 132 valence electrons. The van der Waals surface area contributed by atoms with Gasteiger partial charge in [0.05, 0.1) is 16.3 Å². The summed E-state index contributed by atoms with van der Waals surface area (Å²) in [4.78, 5) is 12.5. The Morgan fingerprint density at radius 2 is 1.96 bits per heavy atom. The first kappa shape index (κ1) is 17.3. The number of nitrogens with two attached hydrogens (primary N) is 1. The Morgan fingerprint density at radius 1 is 1.24 bits per heavy atom. The van der Waals surface area contributed by atoms with E-state index in [0.717, 1.165) is 18.6 Å². The van der Waals surface area contributed by atoms with Gasteiger partial charge >= 0.3 is 0 Å². The molecule has 0 saturated carbocycles. The van der Waals surface area contributed by atoms with Crippen molar-refractivity contribution in [2.45, 2.75) is 32.2 Å². The Balaban J connectivity index is 1.98. The molecule has 0 amide bonds. The standard InChI is InChI=1S/C17H20ClN5O2/c1-3-17(4-2)12(9-25-11-8-6-5-7-10(11)18)20-13-14(23-17)21-16(19)22-15(13)24/h5-8H,3-4,9H2,1-2H3,(H4,19,21,22,23,24). The number of fused-ring (bicyclic) bond motifs is 1. The third-order valence-corrected chi connectivity index (χ3v) is 4.76. The summed E-state index contributed by atoms with van der Waals surface area (Å²) in [6.45, 7) is 4.33. The number of aliphatic imine (C=N–C) groups is 1. The van der Waals surface area contributed by atoms with Crippen molar-refractivity contribution in [1.82, 2.24) is 9.97 Å². The normalized spacial score (nSPS) is 15.1. The van der Waals surface area contributed by atoms with Crippen LogP contribution in [0.2, 0.25) is 5.02 Å². The van der Waals surface area contributed by atoms with Gasteiger partial charge in [-0.1, -0.05) is 37.6 Å². The van der Waals surface area contributed by atoms with Crippen LogP contribution in [-0.4, -0.2) is 32.9 Å². The van der Waals surface area contributed by atoms with Crippen LogP contribution in [0.25, 0.3) is 0 Å². The Labute approximate surface area is 150 Å². The smallest absolute Gasteiger partial charge is 0.244 e. The molecule has 4 N–H and O–H groups in total. The van der Waals surface area contributed by atoms with E-state index < -0.39 is 5.54 Å². The molecular weight excluding hydrogens is 342 g/mol. The number of para-hydroxylation sites is 1. The average Bonchev–Trinajstić information content (AvgIpc) is 2.60. The first-order valence-corrected chi connectivity index (χ1v) is 8.47. The molecule has 1 aromatic heterocycles. The van der Waals surface area contributed by atoms with Crippen LogP contribution in [0.5, 0.6) is 11.6 Å². The van der Waals surface area contributed by atoms with Crippen LogP contribution >= 0.6 is 11.6 Å². The van der Waals surface area contributed by atoms with Crippen molar-refractivity contribution in [3.63, 3.8) is 0 Å². The summed E-state index contributed by atoms with van der Waals surface area (Å²) >= 11 is 6.15. The van der Waals surface area contributed by atoms with Gasteiger partial charge in [-0.2, -0.15) is 9.97 Å². The van der Waals surface area contributed by atoms with Gasteiger partial charge in [-0.3, -0.25) is 0 Å². The number of hydrogen-bond acceptors (Lipinski definition) is 7. The second-order valence-electron chi connectivity index (χ2n) is 5.79. The minimum absolute atomic E-state index is 0.00387. The summed E-state index contributed by atoms with van der Waals surface area (Å²) in [6, 6.07) is 7.26. The first-order valence-electron chi connectivity index (χ1n) is 8.09. The van der Waals surface area contributed by atoms with Gasteiger partial charge in [0, 0.05) is 0 Å². The lowest BCUT2D eigenvalue weighted by Crippen LogP contribution is -2.49. The minimum atomic E-state index is -0.443. The summed E-state index contributed by atoms with van der Waals surface area (Å²) in [5.74, 6) is 0.744. The van der Waals surface area contributed by atoms with Gasteiger partial charge in [0.2, 0.25) is 11.8 Å². The van der Waals surface area contributed by atoms with Crippen LogP contribution in [0.1, 0.15) is 26.7 Å². The lowest BCUT2D eigenvalue weighted by Gasteiger charge is -2.38. The predicted octanol–water partition coefficient (Wildman–Crippen LogP) is 3.55. The highest BCUT2D eigenvalue weighted by Crippen LogP contribution is 2.40. The predicted molar refractivity (Wildman–Crippen MR) is 99.1 cm³/mol. The summed E-state index contributed by atoms with van der Waals surface area (Å²) in [6.07, 6.45) is 1.52. The lowest BCUT2D eigenvalue weighted by atomic mass is 9.86. The van der Waals surface area contributed by atoms with Gasteiger partial charge < -0.3 is 20.9 Å². The molecule has 1 aliphatic heterocycles. The molecule has 8 heteroatoms. The number of nitrogens with one attached hydrogen (secondary N) is 1. The molecule has 2 aromatic rings. The van der Waals surface area contributed by atoms with Crippen molar-refractivity contribution in [3.8, 4) is 11.6 Å². The second kappa shape index (κ2) is 6.76. The minimum Gasteiger partial charge on any atom is -0.492 e. The number of nitrogens with zero attached hydrogens (tertiary/aromatic N) is 3. The Hall–Kier alpha value is -2.54. The van der Waals surface area contributed by atoms with Gasteiger partial charge in [-0.25, -0.2) is 4.99 Å². The van der Waals surface area contributed by atoms with Crippen molar-refractivity contribution >= 4 is 34.8 Å². The number of benzene rings is 1. The Kier molecular flexibility index (Phi) is 4.67. The molecule has 0 saturated heterocycles. The van der Waals surface area contributed by atoms with Crippen molar-refractivity contribution in [2.24, 2.45) is 4.99 Å². The number of anilines is 2. The van der Waals surface area contributed by atoms with E-state index in [1.54, 1.807) is 12.1 Å². The van der Waals surface area contributed by atoms with E-state index in [9.17, 15) is 5.11 Å². The molecule has 1 aromatic carbocycles. The van der Waals surface area contributed by atoms with Gasteiger partial charge in [-0.15, -0.1) is 0 Å². The number of nitrogen functional groups attached to an aromatic ring is 1. The van der Waals surface area contributed by atoms with Crippen LogP contribution in [0.3, 0.4) is 0 Å².